The highest BCUT2D eigenvalue weighted by Crippen LogP contribution is 2.23. The van der Waals surface area contributed by atoms with Crippen LogP contribution in [-0.4, -0.2) is 7.11 Å². The van der Waals surface area contributed by atoms with Gasteiger partial charge in [0.05, 0.1) is 7.11 Å². The van der Waals surface area contributed by atoms with Gasteiger partial charge in [-0.2, -0.15) is 0 Å². The molecule has 0 saturated heterocycles. The van der Waals surface area contributed by atoms with Gasteiger partial charge in [0.2, 0.25) is 0 Å². The normalized spacial score (nSPS) is 12.6. The predicted molar refractivity (Wildman–Crippen MR) is 54.8 cm³/mol. The van der Waals surface area contributed by atoms with E-state index in [1.165, 1.54) is 6.07 Å². The largest absolute Gasteiger partial charge is 0.497 e. The molecular formula is C11H16FNO. The van der Waals surface area contributed by atoms with Crippen LogP contribution in [0.2, 0.25) is 0 Å². The maximum Gasteiger partial charge on any atom is 0.128 e. The van der Waals surface area contributed by atoms with Crippen molar-refractivity contribution >= 4 is 0 Å². The van der Waals surface area contributed by atoms with Crippen molar-refractivity contribution in [1.82, 2.24) is 0 Å². The summed E-state index contributed by atoms with van der Waals surface area (Å²) in [6.45, 7) is 2.03. The highest BCUT2D eigenvalue weighted by atomic mass is 19.1. The van der Waals surface area contributed by atoms with Crippen molar-refractivity contribution < 1.29 is 9.13 Å². The molecule has 0 radical (unpaired) electrons. The van der Waals surface area contributed by atoms with E-state index in [4.69, 9.17) is 10.5 Å². The van der Waals surface area contributed by atoms with Crippen LogP contribution in [0.3, 0.4) is 0 Å². The van der Waals surface area contributed by atoms with Gasteiger partial charge in [0.1, 0.15) is 11.6 Å². The van der Waals surface area contributed by atoms with Gasteiger partial charge in [-0.1, -0.05) is 13.3 Å². The second-order valence-electron chi connectivity index (χ2n) is 3.28. The van der Waals surface area contributed by atoms with E-state index in [0.717, 1.165) is 12.8 Å². The lowest BCUT2D eigenvalue weighted by molar-refractivity contribution is 0.411. The van der Waals surface area contributed by atoms with Crippen molar-refractivity contribution in [2.75, 3.05) is 7.11 Å². The van der Waals surface area contributed by atoms with Crippen LogP contribution < -0.4 is 10.5 Å². The second-order valence-corrected chi connectivity index (χ2v) is 3.28. The second kappa shape index (κ2) is 4.96. The van der Waals surface area contributed by atoms with Gasteiger partial charge in [0, 0.05) is 11.6 Å². The molecule has 0 spiro atoms. The van der Waals surface area contributed by atoms with Crippen LogP contribution in [0.25, 0.3) is 0 Å². The molecule has 14 heavy (non-hydrogen) atoms. The minimum Gasteiger partial charge on any atom is -0.497 e. The van der Waals surface area contributed by atoms with Gasteiger partial charge in [-0.3, -0.25) is 0 Å². The molecule has 78 valence electrons. The molecule has 0 heterocycles. The van der Waals surface area contributed by atoms with Crippen molar-refractivity contribution in [2.45, 2.75) is 25.8 Å². The van der Waals surface area contributed by atoms with Crippen LogP contribution in [0.5, 0.6) is 5.75 Å². The van der Waals surface area contributed by atoms with E-state index in [9.17, 15) is 4.39 Å². The van der Waals surface area contributed by atoms with Crippen molar-refractivity contribution in [2.24, 2.45) is 5.73 Å². The number of ether oxygens (including phenoxy) is 1. The van der Waals surface area contributed by atoms with Crippen LogP contribution in [0.15, 0.2) is 18.2 Å². The Kier molecular flexibility index (Phi) is 3.89. The zero-order valence-electron chi connectivity index (χ0n) is 8.59. The first-order valence-corrected chi connectivity index (χ1v) is 4.78. The third-order valence-electron chi connectivity index (χ3n) is 2.20. The number of halogens is 1. The van der Waals surface area contributed by atoms with Gasteiger partial charge in [-0.25, -0.2) is 4.39 Å². The predicted octanol–water partition coefficient (Wildman–Crippen LogP) is 2.63. The minimum atomic E-state index is -0.258. The molecule has 0 bridgehead atoms. The number of nitrogens with two attached hydrogens (primary N) is 1. The Hall–Kier alpha value is -1.09. The lowest BCUT2D eigenvalue weighted by atomic mass is 10.0. The van der Waals surface area contributed by atoms with Crippen molar-refractivity contribution in [3.8, 4) is 5.75 Å². The molecule has 1 aromatic rings. The first-order valence-electron chi connectivity index (χ1n) is 4.78. The first-order chi connectivity index (χ1) is 6.69. The average Bonchev–Trinajstić information content (AvgIpc) is 2.19. The quantitative estimate of drug-likeness (QED) is 0.805. The molecule has 0 aliphatic heterocycles. The summed E-state index contributed by atoms with van der Waals surface area (Å²) in [6, 6.07) is 4.41. The van der Waals surface area contributed by atoms with Gasteiger partial charge in [-0.15, -0.1) is 0 Å². The van der Waals surface area contributed by atoms with Crippen molar-refractivity contribution in [3.05, 3.63) is 29.6 Å². The summed E-state index contributed by atoms with van der Waals surface area (Å²) >= 11 is 0. The smallest absolute Gasteiger partial charge is 0.128 e. The average molecular weight is 197 g/mol. The maximum atomic E-state index is 13.3. The lowest BCUT2D eigenvalue weighted by Crippen LogP contribution is -2.11. The van der Waals surface area contributed by atoms with Crippen molar-refractivity contribution in [1.29, 1.82) is 0 Å². The molecule has 0 unspecified atom stereocenters. The Labute approximate surface area is 83.9 Å². The Morgan fingerprint density at radius 3 is 2.79 bits per heavy atom. The Balaban J connectivity index is 2.93. The fraction of sp³-hybridized carbons (Fsp3) is 0.455. The highest BCUT2D eigenvalue weighted by Gasteiger charge is 2.11. The summed E-state index contributed by atoms with van der Waals surface area (Å²) < 4.78 is 18.4. The third kappa shape index (κ3) is 2.45. The molecule has 1 aromatic carbocycles. The summed E-state index contributed by atoms with van der Waals surface area (Å²) in [6.07, 6.45) is 1.72. The SMILES string of the molecule is CCC[C@@H](N)c1cc(OC)ccc1F. The summed E-state index contributed by atoms with van der Waals surface area (Å²) in [5.41, 5.74) is 6.37. The zero-order valence-corrected chi connectivity index (χ0v) is 8.59. The molecular weight excluding hydrogens is 181 g/mol. The topological polar surface area (TPSA) is 35.2 Å². The molecule has 0 aromatic heterocycles. The number of hydrogen-bond donors (Lipinski definition) is 1. The van der Waals surface area contributed by atoms with Gasteiger partial charge in [-0.05, 0) is 24.6 Å². The van der Waals surface area contributed by atoms with Gasteiger partial charge >= 0.3 is 0 Å². The number of benzene rings is 1. The zero-order chi connectivity index (χ0) is 10.6. The van der Waals surface area contributed by atoms with E-state index >= 15 is 0 Å². The summed E-state index contributed by atoms with van der Waals surface area (Å²) in [4.78, 5) is 0. The molecule has 0 aliphatic rings. The number of methoxy groups -OCH3 is 1. The Bertz CT molecular complexity index is 301. The molecule has 0 fully saturated rings. The van der Waals surface area contributed by atoms with Crippen LogP contribution in [0.4, 0.5) is 4.39 Å². The molecule has 0 saturated carbocycles. The highest BCUT2D eigenvalue weighted by molar-refractivity contribution is 5.31. The molecule has 2 nitrogen and oxygen atoms in total. The van der Waals surface area contributed by atoms with Gasteiger partial charge in [0.15, 0.2) is 0 Å². The van der Waals surface area contributed by atoms with E-state index in [-0.39, 0.29) is 11.9 Å². The summed E-state index contributed by atoms with van der Waals surface area (Å²) in [5.74, 6) is 0.389. The van der Waals surface area contributed by atoms with Crippen LogP contribution in [0, 0.1) is 5.82 Å². The number of hydrogen-bond acceptors (Lipinski definition) is 2. The standard InChI is InChI=1S/C11H16FNO/c1-3-4-11(13)9-7-8(14-2)5-6-10(9)12/h5-7,11H,3-4,13H2,1-2H3/t11-/m1/s1. The molecule has 0 aliphatic carbocycles. The molecule has 0 amide bonds. The molecule has 2 N–H and O–H groups in total. The molecule has 1 atom stereocenters. The fourth-order valence-corrected chi connectivity index (χ4v) is 1.40. The Morgan fingerprint density at radius 2 is 2.21 bits per heavy atom. The number of rotatable bonds is 4. The van der Waals surface area contributed by atoms with Gasteiger partial charge in [0.25, 0.3) is 0 Å². The van der Waals surface area contributed by atoms with Gasteiger partial charge < -0.3 is 10.5 Å². The van der Waals surface area contributed by atoms with Crippen LogP contribution >= 0.6 is 0 Å². The maximum absolute atomic E-state index is 13.3. The fourth-order valence-electron chi connectivity index (χ4n) is 1.40. The summed E-state index contributed by atoms with van der Waals surface area (Å²) in [7, 11) is 1.56. The van der Waals surface area contributed by atoms with Crippen molar-refractivity contribution in [3.63, 3.8) is 0 Å². The van der Waals surface area contributed by atoms with Crippen LogP contribution in [-0.2, 0) is 0 Å². The lowest BCUT2D eigenvalue weighted by Gasteiger charge is -2.12. The van der Waals surface area contributed by atoms with E-state index in [0.29, 0.717) is 11.3 Å². The summed E-state index contributed by atoms with van der Waals surface area (Å²) in [5, 5.41) is 0. The third-order valence-corrected chi connectivity index (χ3v) is 2.20. The van der Waals surface area contributed by atoms with E-state index in [2.05, 4.69) is 0 Å². The van der Waals surface area contributed by atoms with Crippen LogP contribution in [0.1, 0.15) is 31.4 Å². The molecule has 3 heteroatoms. The van der Waals surface area contributed by atoms with E-state index in [1.807, 2.05) is 6.92 Å². The monoisotopic (exact) mass is 197 g/mol. The first kappa shape index (κ1) is 11.0. The van der Waals surface area contributed by atoms with E-state index < -0.39 is 0 Å². The minimum absolute atomic E-state index is 0.241. The Morgan fingerprint density at radius 1 is 1.50 bits per heavy atom. The molecule has 1 rings (SSSR count). The van der Waals surface area contributed by atoms with E-state index in [1.54, 1.807) is 19.2 Å².